The Labute approximate surface area is 197 Å². The number of methoxy groups -OCH3 is 2. The Morgan fingerprint density at radius 2 is 1.85 bits per heavy atom. The Balaban J connectivity index is 1.53. The summed E-state index contributed by atoms with van der Waals surface area (Å²) in [5, 5.41) is 11.5. The summed E-state index contributed by atoms with van der Waals surface area (Å²) in [5.41, 5.74) is 0.246. The smallest absolute Gasteiger partial charge is 0.293 e. The van der Waals surface area contributed by atoms with Gasteiger partial charge in [-0.05, 0) is 12.1 Å². The molecule has 1 saturated heterocycles. The van der Waals surface area contributed by atoms with Gasteiger partial charge >= 0.3 is 0 Å². The summed E-state index contributed by atoms with van der Waals surface area (Å²) in [6.07, 6.45) is 1.11. The monoisotopic (exact) mass is 469 g/mol. The Morgan fingerprint density at radius 3 is 2.44 bits per heavy atom. The number of likely N-dealkylation sites (tertiary alicyclic amines) is 1. The molecule has 1 fully saturated rings. The SMILES string of the molecule is COc1cc(OC)c2c(c1)OC1(CCN(C(=O)c3ccc(N(C)C)c([N+](=O)[O-])c3)CC1)CC2=O. The lowest BCUT2D eigenvalue weighted by Gasteiger charge is -2.44. The van der Waals surface area contributed by atoms with Gasteiger partial charge in [-0.25, -0.2) is 0 Å². The largest absolute Gasteiger partial charge is 0.496 e. The van der Waals surface area contributed by atoms with E-state index in [1.54, 1.807) is 48.2 Å². The maximum absolute atomic E-state index is 13.1. The molecular weight excluding hydrogens is 442 g/mol. The minimum atomic E-state index is -0.723. The molecule has 2 aliphatic rings. The van der Waals surface area contributed by atoms with Crippen molar-refractivity contribution < 1.29 is 28.7 Å². The summed E-state index contributed by atoms with van der Waals surface area (Å²) in [6, 6.07) is 7.83. The summed E-state index contributed by atoms with van der Waals surface area (Å²) in [5.74, 6) is 0.993. The maximum Gasteiger partial charge on any atom is 0.293 e. The molecule has 34 heavy (non-hydrogen) atoms. The topological polar surface area (TPSA) is 111 Å². The van der Waals surface area contributed by atoms with E-state index in [2.05, 4.69) is 0 Å². The third-order valence-corrected chi connectivity index (χ3v) is 6.45. The van der Waals surface area contributed by atoms with Crippen molar-refractivity contribution in [2.75, 3.05) is 46.3 Å². The normalized spacial score (nSPS) is 16.5. The first kappa shape index (κ1) is 23.3. The molecular formula is C24H27N3O7. The van der Waals surface area contributed by atoms with E-state index in [1.807, 2.05) is 0 Å². The Hall–Kier alpha value is -3.82. The zero-order valence-electron chi connectivity index (χ0n) is 19.6. The van der Waals surface area contributed by atoms with E-state index in [0.29, 0.717) is 54.4 Å². The van der Waals surface area contributed by atoms with Crippen molar-refractivity contribution in [3.63, 3.8) is 0 Å². The summed E-state index contributed by atoms with van der Waals surface area (Å²) in [6.45, 7) is 0.734. The van der Waals surface area contributed by atoms with Gasteiger partial charge in [0.2, 0.25) is 0 Å². The van der Waals surface area contributed by atoms with Crippen LogP contribution in [0.1, 0.15) is 40.0 Å². The molecule has 180 valence electrons. The standard InChI is InChI=1S/C24H27N3O7/c1-25(2)17-6-5-15(11-18(17)27(30)31)23(29)26-9-7-24(8-10-26)14-19(28)22-20(33-4)12-16(32-3)13-21(22)34-24/h5-6,11-13H,7-10,14H2,1-4H3. The highest BCUT2D eigenvalue weighted by molar-refractivity contribution is 6.03. The average Bonchev–Trinajstić information content (AvgIpc) is 2.82. The molecule has 10 nitrogen and oxygen atoms in total. The fraction of sp³-hybridized carbons (Fsp3) is 0.417. The number of Topliss-reactive ketones (excluding diaryl/α,β-unsaturated/α-hetero) is 1. The number of ether oxygens (including phenoxy) is 3. The highest BCUT2D eigenvalue weighted by atomic mass is 16.6. The molecule has 1 spiro atoms. The molecule has 2 aromatic carbocycles. The third kappa shape index (κ3) is 4.11. The van der Waals surface area contributed by atoms with Gasteiger partial charge in [-0.1, -0.05) is 0 Å². The first-order valence-corrected chi connectivity index (χ1v) is 10.9. The third-order valence-electron chi connectivity index (χ3n) is 6.45. The first-order chi connectivity index (χ1) is 16.2. The van der Waals surface area contributed by atoms with Gasteiger partial charge in [-0.3, -0.25) is 19.7 Å². The molecule has 0 N–H and O–H groups in total. The lowest BCUT2D eigenvalue weighted by atomic mass is 9.82. The van der Waals surface area contributed by atoms with Crippen LogP contribution < -0.4 is 19.1 Å². The van der Waals surface area contributed by atoms with E-state index in [-0.39, 0.29) is 29.4 Å². The molecule has 0 aliphatic carbocycles. The molecule has 4 rings (SSSR count). The molecule has 0 radical (unpaired) electrons. The Morgan fingerprint density at radius 1 is 1.15 bits per heavy atom. The van der Waals surface area contributed by atoms with Crippen LogP contribution in [0.4, 0.5) is 11.4 Å². The summed E-state index contributed by atoms with van der Waals surface area (Å²) in [4.78, 5) is 40.4. The van der Waals surface area contributed by atoms with Crippen LogP contribution in [0.3, 0.4) is 0 Å². The molecule has 1 amide bonds. The predicted molar refractivity (Wildman–Crippen MR) is 124 cm³/mol. The van der Waals surface area contributed by atoms with Crippen molar-refractivity contribution in [2.45, 2.75) is 24.9 Å². The van der Waals surface area contributed by atoms with E-state index in [9.17, 15) is 19.7 Å². The lowest BCUT2D eigenvalue weighted by Crippen LogP contribution is -2.52. The second kappa shape index (κ2) is 8.85. The van der Waals surface area contributed by atoms with E-state index in [0.717, 1.165) is 0 Å². The number of nitro groups is 1. The number of benzene rings is 2. The Kier molecular flexibility index (Phi) is 6.07. The minimum Gasteiger partial charge on any atom is -0.496 e. The van der Waals surface area contributed by atoms with Crippen molar-refractivity contribution in [1.82, 2.24) is 4.90 Å². The number of carbonyl (C=O) groups excluding carboxylic acids is 2. The van der Waals surface area contributed by atoms with Crippen molar-refractivity contribution in [3.8, 4) is 17.2 Å². The van der Waals surface area contributed by atoms with Crippen molar-refractivity contribution in [1.29, 1.82) is 0 Å². The van der Waals surface area contributed by atoms with Crippen LogP contribution in [0.2, 0.25) is 0 Å². The van der Waals surface area contributed by atoms with E-state index in [1.165, 1.54) is 20.3 Å². The average molecular weight is 469 g/mol. The quantitative estimate of drug-likeness (QED) is 0.484. The van der Waals surface area contributed by atoms with Gasteiger partial charge < -0.3 is 24.0 Å². The van der Waals surface area contributed by atoms with Crippen LogP contribution in [-0.2, 0) is 0 Å². The summed E-state index contributed by atoms with van der Waals surface area (Å²) < 4.78 is 17.0. The number of rotatable bonds is 5. The molecule has 0 unspecified atom stereocenters. The number of fused-ring (bicyclic) bond motifs is 1. The number of nitro benzene ring substituents is 1. The van der Waals surface area contributed by atoms with Crippen LogP contribution >= 0.6 is 0 Å². The van der Waals surface area contributed by atoms with Gasteiger partial charge in [0.15, 0.2) is 5.78 Å². The number of nitrogens with zero attached hydrogens (tertiary/aromatic N) is 3. The number of hydrogen-bond acceptors (Lipinski definition) is 8. The maximum atomic E-state index is 13.1. The van der Waals surface area contributed by atoms with Gasteiger partial charge in [0, 0.05) is 63.8 Å². The number of piperidine rings is 1. The number of anilines is 1. The number of ketones is 1. The molecule has 2 aromatic rings. The van der Waals surface area contributed by atoms with Crippen molar-refractivity contribution in [3.05, 3.63) is 51.6 Å². The molecule has 0 saturated carbocycles. The summed E-state index contributed by atoms with van der Waals surface area (Å²) in [7, 11) is 6.44. The van der Waals surface area contributed by atoms with Crippen molar-refractivity contribution >= 4 is 23.1 Å². The minimum absolute atomic E-state index is 0.0737. The number of amides is 1. The zero-order valence-corrected chi connectivity index (χ0v) is 19.6. The number of hydrogen-bond donors (Lipinski definition) is 0. The first-order valence-electron chi connectivity index (χ1n) is 10.9. The second-order valence-electron chi connectivity index (χ2n) is 8.74. The van der Waals surface area contributed by atoms with Crippen LogP contribution in [0, 0.1) is 10.1 Å². The summed E-state index contributed by atoms with van der Waals surface area (Å²) >= 11 is 0. The predicted octanol–water partition coefficient (Wildman–Crippen LogP) is 3.32. The van der Waals surface area contributed by atoms with E-state index < -0.39 is 10.5 Å². The molecule has 0 aromatic heterocycles. The molecule has 2 heterocycles. The van der Waals surface area contributed by atoms with Crippen molar-refractivity contribution in [2.24, 2.45) is 0 Å². The number of carbonyl (C=O) groups is 2. The molecule has 0 bridgehead atoms. The van der Waals surface area contributed by atoms with Crippen LogP contribution in [0.25, 0.3) is 0 Å². The van der Waals surface area contributed by atoms with E-state index >= 15 is 0 Å². The lowest BCUT2D eigenvalue weighted by molar-refractivity contribution is -0.384. The molecule has 2 aliphatic heterocycles. The van der Waals surface area contributed by atoms with Gasteiger partial charge in [-0.15, -0.1) is 0 Å². The van der Waals surface area contributed by atoms with Crippen LogP contribution in [0.5, 0.6) is 17.2 Å². The fourth-order valence-electron chi connectivity index (χ4n) is 4.61. The second-order valence-corrected chi connectivity index (χ2v) is 8.74. The zero-order chi connectivity index (χ0) is 24.6. The van der Waals surface area contributed by atoms with E-state index in [4.69, 9.17) is 14.2 Å². The Bertz CT molecular complexity index is 1150. The van der Waals surface area contributed by atoms with Crippen LogP contribution in [0.15, 0.2) is 30.3 Å². The highest BCUT2D eigenvalue weighted by Crippen LogP contribution is 2.45. The fourth-order valence-corrected chi connectivity index (χ4v) is 4.61. The van der Waals surface area contributed by atoms with Gasteiger partial charge in [-0.2, -0.15) is 0 Å². The highest BCUT2D eigenvalue weighted by Gasteiger charge is 2.45. The molecule has 10 heteroatoms. The van der Waals surface area contributed by atoms with Gasteiger partial charge in [0.25, 0.3) is 11.6 Å². The van der Waals surface area contributed by atoms with Crippen LogP contribution in [-0.4, -0.2) is 68.5 Å². The van der Waals surface area contributed by atoms with Gasteiger partial charge in [0.05, 0.1) is 25.6 Å². The van der Waals surface area contributed by atoms with Gasteiger partial charge in [0.1, 0.15) is 34.1 Å². The molecule has 0 atom stereocenters.